The lowest BCUT2D eigenvalue weighted by Crippen LogP contribution is -1.96. The second-order valence-corrected chi connectivity index (χ2v) is 3.76. The maximum Gasteiger partial charge on any atom is 0.143 e. The molecule has 1 aromatic rings. The van der Waals surface area contributed by atoms with Gasteiger partial charge in [0.2, 0.25) is 0 Å². The van der Waals surface area contributed by atoms with Gasteiger partial charge < -0.3 is 5.11 Å². The van der Waals surface area contributed by atoms with Crippen LogP contribution in [0.4, 0.5) is 4.39 Å². The van der Waals surface area contributed by atoms with Crippen LogP contribution < -0.4 is 0 Å². The van der Waals surface area contributed by atoms with Gasteiger partial charge in [0.25, 0.3) is 0 Å². The second-order valence-electron chi connectivity index (χ2n) is 2.47. The third kappa shape index (κ3) is 1.97. The van der Waals surface area contributed by atoms with Crippen molar-refractivity contribution in [3.05, 3.63) is 33.0 Å². The molecule has 0 aliphatic rings. The average Bonchev–Trinajstić information content (AvgIpc) is 1.96. The largest absolute Gasteiger partial charge is 0.389 e. The van der Waals surface area contributed by atoms with Crippen LogP contribution in [0.25, 0.3) is 0 Å². The molecule has 0 aliphatic heterocycles. The van der Waals surface area contributed by atoms with E-state index in [1.54, 1.807) is 0 Å². The first kappa shape index (κ1) is 9.96. The number of hydrogen-bond donors (Lipinski definition) is 1. The fourth-order valence-corrected chi connectivity index (χ4v) is 1.71. The molecule has 66 valence electrons. The summed E-state index contributed by atoms with van der Waals surface area (Å²) in [4.78, 5) is 0. The smallest absolute Gasteiger partial charge is 0.143 e. The number of benzene rings is 1. The van der Waals surface area contributed by atoms with Crippen molar-refractivity contribution < 1.29 is 9.50 Å². The van der Waals surface area contributed by atoms with Gasteiger partial charge in [-0.15, -0.1) is 0 Å². The van der Waals surface area contributed by atoms with Gasteiger partial charge in [-0.25, -0.2) is 4.39 Å². The third-order valence-corrected chi connectivity index (χ3v) is 2.27. The van der Waals surface area contributed by atoms with Gasteiger partial charge in [0, 0.05) is 10.6 Å². The van der Waals surface area contributed by atoms with Crippen LogP contribution in [-0.2, 0) is 0 Å². The van der Waals surface area contributed by atoms with Gasteiger partial charge in [0.1, 0.15) is 5.82 Å². The zero-order chi connectivity index (χ0) is 9.30. The van der Waals surface area contributed by atoms with E-state index in [1.807, 2.05) is 0 Å². The fourth-order valence-electron chi connectivity index (χ4n) is 0.880. The highest BCUT2D eigenvalue weighted by Crippen LogP contribution is 2.27. The highest BCUT2D eigenvalue weighted by Gasteiger charge is 2.11. The minimum Gasteiger partial charge on any atom is -0.389 e. The average molecular weight is 253 g/mol. The summed E-state index contributed by atoms with van der Waals surface area (Å²) in [6.07, 6.45) is -0.847. The molecule has 4 heteroatoms. The summed E-state index contributed by atoms with van der Waals surface area (Å²) >= 11 is 8.65. The summed E-state index contributed by atoms with van der Waals surface area (Å²) in [6.45, 7) is 1.49. The zero-order valence-electron chi connectivity index (χ0n) is 6.31. The van der Waals surface area contributed by atoms with Crippen LogP contribution in [0.15, 0.2) is 16.6 Å². The van der Waals surface area contributed by atoms with Crippen molar-refractivity contribution in [3.63, 3.8) is 0 Å². The summed E-state index contributed by atoms with van der Waals surface area (Å²) in [5.74, 6) is -0.464. The van der Waals surface area contributed by atoms with Gasteiger partial charge in [0.05, 0.1) is 10.6 Å². The lowest BCUT2D eigenvalue weighted by molar-refractivity contribution is 0.194. The number of rotatable bonds is 1. The number of aliphatic hydroxyl groups excluding tert-OH is 1. The molecule has 0 heterocycles. The van der Waals surface area contributed by atoms with Gasteiger partial charge in [-0.2, -0.15) is 0 Å². The molecule has 0 aliphatic carbocycles. The van der Waals surface area contributed by atoms with Gasteiger partial charge in [-0.3, -0.25) is 0 Å². The summed E-state index contributed by atoms with van der Waals surface area (Å²) in [5.41, 5.74) is 0.203. The Kier molecular flexibility index (Phi) is 3.09. The lowest BCUT2D eigenvalue weighted by Gasteiger charge is -2.07. The minimum absolute atomic E-state index is 0.203. The van der Waals surface area contributed by atoms with Crippen LogP contribution in [0, 0.1) is 5.82 Å². The molecule has 0 radical (unpaired) electrons. The fraction of sp³-hybridized carbons (Fsp3) is 0.250. The molecule has 0 amide bonds. The van der Waals surface area contributed by atoms with E-state index in [0.29, 0.717) is 5.02 Å². The van der Waals surface area contributed by atoms with E-state index in [4.69, 9.17) is 16.7 Å². The molecule has 0 bridgehead atoms. The summed E-state index contributed by atoms with van der Waals surface area (Å²) < 4.78 is 13.4. The predicted molar refractivity (Wildman–Crippen MR) is 49.7 cm³/mol. The van der Waals surface area contributed by atoms with Crippen molar-refractivity contribution in [1.82, 2.24) is 0 Å². The minimum atomic E-state index is -0.847. The predicted octanol–water partition coefficient (Wildman–Crippen LogP) is 3.29. The number of halogens is 3. The van der Waals surface area contributed by atoms with Crippen molar-refractivity contribution in [3.8, 4) is 0 Å². The summed E-state index contributed by atoms with van der Waals surface area (Å²) in [6, 6.07) is 2.86. The van der Waals surface area contributed by atoms with E-state index in [-0.39, 0.29) is 10.0 Å². The summed E-state index contributed by atoms with van der Waals surface area (Å²) in [5, 5.41) is 9.54. The topological polar surface area (TPSA) is 20.2 Å². The number of hydrogen-bond acceptors (Lipinski definition) is 1. The molecule has 12 heavy (non-hydrogen) atoms. The van der Waals surface area contributed by atoms with Crippen LogP contribution >= 0.6 is 27.5 Å². The Morgan fingerprint density at radius 2 is 2.17 bits per heavy atom. The Hall–Kier alpha value is -0.120. The first-order valence-electron chi connectivity index (χ1n) is 3.35. The summed E-state index contributed by atoms with van der Waals surface area (Å²) in [7, 11) is 0. The van der Waals surface area contributed by atoms with Crippen LogP contribution in [0.2, 0.25) is 5.02 Å². The molecule has 0 aromatic heterocycles. The van der Waals surface area contributed by atoms with Crippen LogP contribution in [0.1, 0.15) is 18.6 Å². The van der Waals surface area contributed by atoms with E-state index in [9.17, 15) is 4.39 Å². The van der Waals surface area contributed by atoms with Crippen molar-refractivity contribution in [2.75, 3.05) is 0 Å². The van der Waals surface area contributed by atoms with Crippen molar-refractivity contribution in [2.45, 2.75) is 13.0 Å². The maximum absolute atomic E-state index is 13.2. The van der Waals surface area contributed by atoms with Crippen LogP contribution in [0.5, 0.6) is 0 Å². The van der Waals surface area contributed by atoms with Gasteiger partial charge in [-0.05, 0) is 35.0 Å². The number of aliphatic hydroxyl groups is 1. The van der Waals surface area contributed by atoms with E-state index < -0.39 is 11.9 Å². The Balaban J connectivity index is 3.28. The first-order chi connectivity index (χ1) is 5.52. The molecule has 1 unspecified atom stereocenters. The van der Waals surface area contributed by atoms with E-state index in [0.717, 1.165) is 0 Å². The Morgan fingerprint density at radius 3 is 2.67 bits per heavy atom. The molecular weight excluding hydrogens is 246 g/mol. The molecule has 1 rings (SSSR count). The van der Waals surface area contributed by atoms with Gasteiger partial charge in [-0.1, -0.05) is 11.6 Å². The lowest BCUT2D eigenvalue weighted by atomic mass is 10.1. The standard InChI is InChI=1S/C8H7BrClFO/c1-4(12)6-2-5(10)3-7(9)8(6)11/h2-4,12H,1H3. The third-order valence-electron chi connectivity index (χ3n) is 1.47. The molecule has 0 fully saturated rings. The Labute approximate surface area is 83.3 Å². The SMILES string of the molecule is CC(O)c1cc(Cl)cc(Br)c1F. The molecule has 1 N–H and O–H groups in total. The monoisotopic (exact) mass is 252 g/mol. The van der Waals surface area contributed by atoms with Crippen molar-refractivity contribution in [2.24, 2.45) is 0 Å². The molecule has 1 nitrogen and oxygen atoms in total. The normalized spacial score (nSPS) is 13.1. The van der Waals surface area contributed by atoms with Crippen molar-refractivity contribution >= 4 is 27.5 Å². The zero-order valence-corrected chi connectivity index (χ0v) is 8.66. The van der Waals surface area contributed by atoms with Gasteiger partial charge >= 0.3 is 0 Å². The van der Waals surface area contributed by atoms with E-state index in [1.165, 1.54) is 19.1 Å². The molecule has 1 atom stereocenters. The highest BCUT2D eigenvalue weighted by molar-refractivity contribution is 9.10. The van der Waals surface area contributed by atoms with E-state index >= 15 is 0 Å². The Morgan fingerprint density at radius 1 is 1.58 bits per heavy atom. The molecule has 1 aromatic carbocycles. The Bertz CT molecular complexity index is 301. The highest BCUT2D eigenvalue weighted by atomic mass is 79.9. The second kappa shape index (κ2) is 3.73. The molecule has 0 spiro atoms. The first-order valence-corrected chi connectivity index (χ1v) is 4.52. The molecule has 0 saturated carbocycles. The quantitative estimate of drug-likeness (QED) is 0.762. The van der Waals surface area contributed by atoms with Gasteiger partial charge in [0.15, 0.2) is 0 Å². The van der Waals surface area contributed by atoms with Crippen LogP contribution in [0.3, 0.4) is 0 Å². The van der Waals surface area contributed by atoms with E-state index in [2.05, 4.69) is 15.9 Å². The molecule has 0 saturated heterocycles. The van der Waals surface area contributed by atoms with Crippen molar-refractivity contribution in [1.29, 1.82) is 0 Å². The molecular formula is C8H7BrClFO. The van der Waals surface area contributed by atoms with Crippen LogP contribution in [-0.4, -0.2) is 5.11 Å². The maximum atomic E-state index is 13.2.